The predicted molar refractivity (Wildman–Crippen MR) is 113 cm³/mol. The van der Waals surface area contributed by atoms with Crippen LogP contribution in [0.15, 0.2) is 35.5 Å². The number of aromatic nitrogens is 4. The first-order valence-electron chi connectivity index (χ1n) is 9.81. The Balaban J connectivity index is 1.44. The molecule has 2 aromatic heterocycles. The second kappa shape index (κ2) is 8.61. The van der Waals surface area contributed by atoms with Crippen molar-refractivity contribution in [2.75, 3.05) is 18.1 Å². The molecule has 0 amide bonds. The predicted octanol–water partition coefficient (Wildman–Crippen LogP) is 4.58. The van der Waals surface area contributed by atoms with Gasteiger partial charge in [-0.15, -0.1) is 10.2 Å². The maximum absolute atomic E-state index is 9.24. The van der Waals surface area contributed by atoms with Crippen LogP contribution in [0.1, 0.15) is 49.7 Å². The molecule has 7 heteroatoms. The van der Waals surface area contributed by atoms with Crippen LogP contribution in [0.5, 0.6) is 0 Å². The Hall–Kier alpha value is -2.59. The fourth-order valence-electron chi connectivity index (χ4n) is 3.99. The van der Waals surface area contributed by atoms with Gasteiger partial charge in [0.2, 0.25) is 0 Å². The smallest absolute Gasteiger partial charge is 0.191 e. The van der Waals surface area contributed by atoms with Crippen LogP contribution in [0.2, 0.25) is 0 Å². The van der Waals surface area contributed by atoms with Crippen molar-refractivity contribution in [2.24, 2.45) is 0 Å². The van der Waals surface area contributed by atoms with Crippen molar-refractivity contribution in [3.8, 4) is 6.07 Å². The number of fused-ring (bicyclic) bond motifs is 1. The molecule has 0 unspecified atom stereocenters. The number of anilines is 1. The zero-order chi connectivity index (χ0) is 19.3. The van der Waals surface area contributed by atoms with Gasteiger partial charge < -0.3 is 9.88 Å². The molecule has 1 aromatic carbocycles. The second-order valence-electron chi connectivity index (χ2n) is 7.13. The number of pyridine rings is 1. The molecule has 3 aromatic rings. The van der Waals surface area contributed by atoms with E-state index in [9.17, 15) is 5.26 Å². The van der Waals surface area contributed by atoms with E-state index < -0.39 is 0 Å². The van der Waals surface area contributed by atoms with Crippen LogP contribution in [0.4, 0.5) is 5.69 Å². The second-order valence-corrected chi connectivity index (χ2v) is 7.90. The molecule has 28 heavy (non-hydrogen) atoms. The molecule has 6 nitrogen and oxygen atoms in total. The van der Waals surface area contributed by atoms with Gasteiger partial charge in [0.05, 0.1) is 5.52 Å². The third kappa shape index (κ3) is 3.83. The normalized spacial score (nSPS) is 14.4. The van der Waals surface area contributed by atoms with Gasteiger partial charge in [0.15, 0.2) is 5.16 Å². The monoisotopic (exact) mass is 392 g/mol. The first kappa shape index (κ1) is 18.8. The van der Waals surface area contributed by atoms with Gasteiger partial charge in [0, 0.05) is 30.1 Å². The highest BCUT2D eigenvalue weighted by Crippen LogP contribution is 2.33. The van der Waals surface area contributed by atoms with Crippen molar-refractivity contribution < 1.29 is 0 Å². The Bertz CT molecular complexity index is 1000. The Labute approximate surface area is 169 Å². The van der Waals surface area contributed by atoms with E-state index in [-0.39, 0.29) is 0 Å². The van der Waals surface area contributed by atoms with Crippen molar-refractivity contribution in [1.82, 2.24) is 19.7 Å². The summed E-state index contributed by atoms with van der Waals surface area (Å²) in [7, 11) is 0. The zero-order valence-electron chi connectivity index (χ0n) is 16.1. The Morgan fingerprint density at radius 1 is 1.25 bits per heavy atom. The maximum atomic E-state index is 9.24. The van der Waals surface area contributed by atoms with Crippen LogP contribution in [0.3, 0.4) is 0 Å². The molecule has 1 saturated carbocycles. The number of hydrogen-bond acceptors (Lipinski definition) is 6. The van der Waals surface area contributed by atoms with Crippen molar-refractivity contribution in [3.05, 3.63) is 41.9 Å². The molecule has 0 radical (unpaired) electrons. The third-order valence-electron chi connectivity index (χ3n) is 5.33. The lowest BCUT2D eigenvalue weighted by Crippen LogP contribution is -2.12. The number of nitriles is 1. The lowest BCUT2D eigenvalue weighted by molar-refractivity contribution is 0.461. The molecule has 144 valence electrons. The van der Waals surface area contributed by atoms with Gasteiger partial charge in [0.1, 0.15) is 17.6 Å². The average molecular weight is 393 g/mol. The minimum atomic E-state index is 0.437. The van der Waals surface area contributed by atoms with E-state index in [1.807, 2.05) is 30.3 Å². The Kier molecular flexibility index (Phi) is 5.77. The summed E-state index contributed by atoms with van der Waals surface area (Å²) >= 11 is 1.68. The van der Waals surface area contributed by atoms with Crippen molar-refractivity contribution in [3.63, 3.8) is 0 Å². The first-order chi connectivity index (χ1) is 13.8. The summed E-state index contributed by atoms with van der Waals surface area (Å²) in [5.74, 6) is 1.09. The molecule has 1 N–H and O–H groups in total. The number of benzene rings is 1. The van der Waals surface area contributed by atoms with Crippen molar-refractivity contribution >= 4 is 28.4 Å². The number of rotatable bonds is 7. The fraction of sp³-hybridized carbons (Fsp3) is 0.429. The average Bonchev–Trinajstić information content (AvgIpc) is 3.40. The molecule has 1 fully saturated rings. The lowest BCUT2D eigenvalue weighted by Gasteiger charge is -2.16. The van der Waals surface area contributed by atoms with Gasteiger partial charge >= 0.3 is 0 Å². The van der Waals surface area contributed by atoms with E-state index in [0.717, 1.165) is 47.0 Å². The van der Waals surface area contributed by atoms with Crippen LogP contribution < -0.4 is 5.32 Å². The summed E-state index contributed by atoms with van der Waals surface area (Å²) in [4.78, 5) is 4.37. The minimum absolute atomic E-state index is 0.437. The number of aryl methyl sites for hydroxylation is 1. The van der Waals surface area contributed by atoms with Crippen molar-refractivity contribution in [1.29, 1.82) is 5.26 Å². The SMILES string of the molecule is CSc1nnc(CCCNc2cc(C#N)nc3ccccc23)n1C1CCCC1. The van der Waals surface area contributed by atoms with E-state index in [1.54, 1.807) is 11.8 Å². The Morgan fingerprint density at radius 3 is 2.86 bits per heavy atom. The molecule has 0 saturated heterocycles. The van der Waals surface area contributed by atoms with Crippen LogP contribution in [0.25, 0.3) is 10.9 Å². The molecule has 2 heterocycles. The first-order valence-corrected chi connectivity index (χ1v) is 11.0. The minimum Gasteiger partial charge on any atom is -0.384 e. The van der Waals surface area contributed by atoms with Crippen LogP contribution in [0, 0.1) is 11.3 Å². The summed E-state index contributed by atoms with van der Waals surface area (Å²) in [5, 5.41) is 23.7. The molecule has 1 aliphatic carbocycles. The molecule has 4 rings (SSSR count). The van der Waals surface area contributed by atoms with E-state index in [2.05, 4.69) is 37.4 Å². The van der Waals surface area contributed by atoms with Crippen molar-refractivity contribution in [2.45, 2.75) is 49.7 Å². The number of nitrogens with one attached hydrogen (secondary N) is 1. The maximum Gasteiger partial charge on any atom is 0.191 e. The molecular formula is C21H24N6S. The molecule has 0 spiro atoms. The Morgan fingerprint density at radius 2 is 2.07 bits per heavy atom. The summed E-state index contributed by atoms with van der Waals surface area (Å²) < 4.78 is 2.37. The third-order valence-corrected chi connectivity index (χ3v) is 5.97. The van der Waals surface area contributed by atoms with E-state index >= 15 is 0 Å². The zero-order valence-corrected chi connectivity index (χ0v) is 16.9. The van der Waals surface area contributed by atoms with E-state index in [1.165, 1.54) is 25.7 Å². The van der Waals surface area contributed by atoms with Gasteiger partial charge in [-0.05, 0) is 37.7 Å². The van der Waals surface area contributed by atoms with E-state index in [0.29, 0.717) is 11.7 Å². The molecule has 0 atom stereocenters. The van der Waals surface area contributed by atoms with Gasteiger partial charge in [-0.3, -0.25) is 0 Å². The van der Waals surface area contributed by atoms with Gasteiger partial charge in [-0.2, -0.15) is 5.26 Å². The summed E-state index contributed by atoms with van der Waals surface area (Å²) in [6, 6.07) is 12.4. The molecule has 0 bridgehead atoms. The number of thioether (sulfide) groups is 1. The van der Waals surface area contributed by atoms with Gasteiger partial charge in [-0.1, -0.05) is 42.8 Å². The lowest BCUT2D eigenvalue weighted by atomic mass is 10.1. The molecular weight excluding hydrogens is 368 g/mol. The highest BCUT2D eigenvalue weighted by molar-refractivity contribution is 7.98. The fourth-order valence-corrected chi connectivity index (χ4v) is 4.57. The standard InChI is InChI=1S/C21H24N6S/c1-28-21-26-25-20(27(21)16-7-2-3-8-16)11-6-12-23-19-13-15(14-22)24-18-10-5-4-9-17(18)19/h4-5,9-10,13,16H,2-3,6-8,11-12H2,1H3,(H,23,24). The summed E-state index contributed by atoms with van der Waals surface area (Å²) in [6.45, 7) is 0.811. The van der Waals surface area contributed by atoms with Crippen LogP contribution in [-0.4, -0.2) is 32.5 Å². The summed E-state index contributed by atoms with van der Waals surface area (Å²) in [5.41, 5.74) is 2.24. The highest BCUT2D eigenvalue weighted by Gasteiger charge is 2.23. The molecule has 0 aliphatic heterocycles. The number of para-hydroxylation sites is 1. The van der Waals surface area contributed by atoms with Gasteiger partial charge in [-0.25, -0.2) is 4.98 Å². The molecule has 1 aliphatic rings. The highest BCUT2D eigenvalue weighted by atomic mass is 32.2. The number of nitrogens with zero attached hydrogens (tertiary/aromatic N) is 5. The number of hydrogen-bond donors (Lipinski definition) is 1. The van der Waals surface area contributed by atoms with E-state index in [4.69, 9.17) is 0 Å². The van der Waals surface area contributed by atoms with Crippen LogP contribution >= 0.6 is 11.8 Å². The van der Waals surface area contributed by atoms with Crippen LogP contribution in [-0.2, 0) is 6.42 Å². The van der Waals surface area contributed by atoms with Gasteiger partial charge in [0.25, 0.3) is 0 Å². The topological polar surface area (TPSA) is 79.4 Å². The largest absolute Gasteiger partial charge is 0.384 e. The summed E-state index contributed by atoms with van der Waals surface area (Å²) in [6.07, 6.45) is 8.99. The quantitative estimate of drug-likeness (QED) is 0.468.